The van der Waals surface area contributed by atoms with Crippen molar-refractivity contribution in [1.82, 2.24) is 10.6 Å². The Morgan fingerprint density at radius 1 is 1.32 bits per heavy atom. The third-order valence-corrected chi connectivity index (χ3v) is 4.04. The summed E-state index contributed by atoms with van der Waals surface area (Å²) >= 11 is 12.0. The molecule has 0 unspecified atom stereocenters. The quantitative estimate of drug-likeness (QED) is 0.899. The SMILES string of the molecule is CC(C)(CNC1=NCCCN1)c1ccc(Cl)c(Cl)c1. The number of nitrogens with one attached hydrogen (secondary N) is 2. The molecule has 1 aliphatic heterocycles. The standard InChI is InChI=1S/C14H19Cl2N3/c1-14(2,9-19-13-17-6-3-7-18-13)10-4-5-11(15)12(16)8-10/h4-5,8H,3,6-7,9H2,1-2H3,(H2,17,18,19). The Morgan fingerprint density at radius 3 is 2.74 bits per heavy atom. The summed E-state index contributed by atoms with van der Waals surface area (Å²) in [4.78, 5) is 4.41. The van der Waals surface area contributed by atoms with Gasteiger partial charge in [-0.3, -0.25) is 4.99 Å². The predicted octanol–water partition coefficient (Wildman–Crippen LogP) is 3.21. The molecule has 0 aliphatic carbocycles. The highest BCUT2D eigenvalue weighted by Gasteiger charge is 2.22. The Bertz CT molecular complexity index is 484. The molecule has 104 valence electrons. The van der Waals surface area contributed by atoms with Gasteiger partial charge in [0.05, 0.1) is 10.0 Å². The van der Waals surface area contributed by atoms with E-state index in [0.717, 1.165) is 37.6 Å². The molecular formula is C14H19Cl2N3. The first kappa shape index (κ1) is 14.5. The van der Waals surface area contributed by atoms with Gasteiger partial charge in [0.1, 0.15) is 0 Å². The van der Waals surface area contributed by atoms with Crippen molar-refractivity contribution in [3.05, 3.63) is 33.8 Å². The average Bonchev–Trinajstić information content (AvgIpc) is 2.41. The smallest absolute Gasteiger partial charge is 0.191 e. The summed E-state index contributed by atoms with van der Waals surface area (Å²) in [6.45, 7) is 7.00. The van der Waals surface area contributed by atoms with Gasteiger partial charge >= 0.3 is 0 Å². The molecule has 0 amide bonds. The van der Waals surface area contributed by atoms with E-state index in [9.17, 15) is 0 Å². The van der Waals surface area contributed by atoms with Gasteiger partial charge in [-0.15, -0.1) is 0 Å². The van der Waals surface area contributed by atoms with Gasteiger partial charge in [-0.05, 0) is 24.1 Å². The first-order valence-electron chi connectivity index (χ1n) is 6.47. The van der Waals surface area contributed by atoms with Crippen molar-refractivity contribution in [2.75, 3.05) is 19.6 Å². The Morgan fingerprint density at radius 2 is 2.11 bits per heavy atom. The maximum Gasteiger partial charge on any atom is 0.191 e. The van der Waals surface area contributed by atoms with Crippen molar-refractivity contribution >= 4 is 29.2 Å². The zero-order valence-electron chi connectivity index (χ0n) is 11.3. The number of guanidine groups is 1. The van der Waals surface area contributed by atoms with E-state index >= 15 is 0 Å². The summed E-state index contributed by atoms with van der Waals surface area (Å²) in [6, 6.07) is 5.80. The van der Waals surface area contributed by atoms with E-state index < -0.39 is 0 Å². The van der Waals surface area contributed by atoms with E-state index in [1.807, 2.05) is 18.2 Å². The van der Waals surface area contributed by atoms with Crippen LogP contribution in [-0.4, -0.2) is 25.6 Å². The zero-order chi connectivity index (χ0) is 13.9. The second-order valence-electron chi connectivity index (χ2n) is 5.38. The van der Waals surface area contributed by atoms with E-state index in [1.165, 1.54) is 0 Å². The number of rotatable bonds is 3. The van der Waals surface area contributed by atoms with E-state index in [1.54, 1.807) is 0 Å². The second kappa shape index (κ2) is 6.02. The van der Waals surface area contributed by atoms with E-state index in [2.05, 4.69) is 29.5 Å². The lowest BCUT2D eigenvalue weighted by molar-refractivity contribution is 0.506. The molecule has 1 aliphatic rings. The normalized spacial score (nSPS) is 15.7. The predicted molar refractivity (Wildman–Crippen MR) is 82.4 cm³/mol. The second-order valence-corrected chi connectivity index (χ2v) is 6.19. The third-order valence-electron chi connectivity index (χ3n) is 3.30. The van der Waals surface area contributed by atoms with Gasteiger partial charge < -0.3 is 10.6 Å². The minimum atomic E-state index is -0.0458. The van der Waals surface area contributed by atoms with E-state index in [-0.39, 0.29) is 5.41 Å². The molecule has 1 aromatic carbocycles. The van der Waals surface area contributed by atoms with Crippen molar-refractivity contribution in [2.24, 2.45) is 4.99 Å². The molecule has 0 radical (unpaired) electrons. The highest BCUT2D eigenvalue weighted by Crippen LogP contribution is 2.29. The van der Waals surface area contributed by atoms with E-state index in [0.29, 0.717) is 10.0 Å². The van der Waals surface area contributed by atoms with Crippen LogP contribution in [0.4, 0.5) is 0 Å². The van der Waals surface area contributed by atoms with Crippen molar-refractivity contribution in [2.45, 2.75) is 25.7 Å². The molecule has 0 saturated carbocycles. The van der Waals surface area contributed by atoms with Crippen LogP contribution in [0, 0.1) is 0 Å². The topological polar surface area (TPSA) is 36.4 Å². The maximum atomic E-state index is 6.08. The minimum absolute atomic E-state index is 0.0458. The monoisotopic (exact) mass is 299 g/mol. The number of aliphatic imine (C=N–C) groups is 1. The van der Waals surface area contributed by atoms with Gasteiger partial charge in [-0.25, -0.2) is 0 Å². The molecule has 0 fully saturated rings. The average molecular weight is 300 g/mol. The Balaban J connectivity index is 2.04. The van der Waals surface area contributed by atoms with Crippen LogP contribution in [0.1, 0.15) is 25.8 Å². The lowest BCUT2D eigenvalue weighted by atomic mass is 9.84. The van der Waals surface area contributed by atoms with Crippen LogP contribution in [0.25, 0.3) is 0 Å². The van der Waals surface area contributed by atoms with Crippen LogP contribution in [0.3, 0.4) is 0 Å². The lowest BCUT2D eigenvalue weighted by Gasteiger charge is -2.28. The highest BCUT2D eigenvalue weighted by molar-refractivity contribution is 6.42. The molecule has 19 heavy (non-hydrogen) atoms. The van der Waals surface area contributed by atoms with Crippen molar-refractivity contribution < 1.29 is 0 Å². The van der Waals surface area contributed by atoms with Gasteiger partial charge in [-0.2, -0.15) is 0 Å². The lowest BCUT2D eigenvalue weighted by Crippen LogP contribution is -2.45. The molecule has 0 bridgehead atoms. The third kappa shape index (κ3) is 3.77. The molecule has 2 N–H and O–H groups in total. The summed E-state index contributed by atoms with van der Waals surface area (Å²) in [5, 5.41) is 7.80. The number of benzene rings is 1. The van der Waals surface area contributed by atoms with Gasteiger partial charge in [0, 0.05) is 25.0 Å². The molecule has 0 atom stereocenters. The Kier molecular flexibility index (Phi) is 4.58. The van der Waals surface area contributed by atoms with Crippen LogP contribution in [0.2, 0.25) is 10.0 Å². The Hall–Kier alpha value is -0.930. The molecule has 0 aromatic heterocycles. The maximum absolute atomic E-state index is 6.08. The molecule has 5 heteroatoms. The van der Waals surface area contributed by atoms with Crippen molar-refractivity contribution in [1.29, 1.82) is 0 Å². The molecular weight excluding hydrogens is 281 g/mol. The van der Waals surface area contributed by atoms with Crippen LogP contribution in [0.15, 0.2) is 23.2 Å². The molecule has 3 nitrogen and oxygen atoms in total. The number of hydrogen-bond acceptors (Lipinski definition) is 3. The van der Waals surface area contributed by atoms with Crippen LogP contribution in [-0.2, 0) is 5.41 Å². The molecule has 2 rings (SSSR count). The first-order valence-corrected chi connectivity index (χ1v) is 7.22. The fourth-order valence-electron chi connectivity index (χ4n) is 1.97. The van der Waals surface area contributed by atoms with Crippen LogP contribution in [0.5, 0.6) is 0 Å². The van der Waals surface area contributed by atoms with Crippen LogP contribution < -0.4 is 10.6 Å². The van der Waals surface area contributed by atoms with Gasteiger partial charge in [0.15, 0.2) is 5.96 Å². The highest BCUT2D eigenvalue weighted by atomic mass is 35.5. The van der Waals surface area contributed by atoms with Crippen molar-refractivity contribution in [3.63, 3.8) is 0 Å². The zero-order valence-corrected chi connectivity index (χ0v) is 12.8. The summed E-state index contributed by atoms with van der Waals surface area (Å²) < 4.78 is 0. The van der Waals surface area contributed by atoms with Gasteiger partial charge in [0.2, 0.25) is 0 Å². The number of nitrogens with zero attached hydrogens (tertiary/aromatic N) is 1. The van der Waals surface area contributed by atoms with Gasteiger partial charge in [0.25, 0.3) is 0 Å². The fraction of sp³-hybridized carbons (Fsp3) is 0.500. The molecule has 1 heterocycles. The number of hydrogen-bond donors (Lipinski definition) is 2. The minimum Gasteiger partial charge on any atom is -0.356 e. The summed E-state index contributed by atoms with van der Waals surface area (Å²) in [5.41, 5.74) is 1.11. The molecule has 0 saturated heterocycles. The fourth-order valence-corrected chi connectivity index (χ4v) is 2.27. The number of halogens is 2. The van der Waals surface area contributed by atoms with Gasteiger partial charge in [-0.1, -0.05) is 43.1 Å². The van der Waals surface area contributed by atoms with Crippen molar-refractivity contribution in [3.8, 4) is 0 Å². The summed E-state index contributed by atoms with van der Waals surface area (Å²) in [6.07, 6.45) is 1.10. The van der Waals surface area contributed by atoms with Crippen LogP contribution >= 0.6 is 23.2 Å². The summed E-state index contributed by atoms with van der Waals surface area (Å²) in [7, 11) is 0. The molecule has 0 spiro atoms. The Labute approximate surface area is 124 Å². The first-order chi connectivity index (χ1) is 8.99. The van der Waals surface area contributed by atoms with E-state index in [4.69, 9.17) is 23.2 Å². The summed E-state index contributed by atoms with van der Waals surface area (Å²) in [5.74, 6) is 0.888. The molecule has 1 aromatic rings. The largest absolute Gasteiger partial charge is 0.356 e.